The van der Waals surface area contributed by atoms with Gasteiger partial charge >= 0.3 is 61.9 Å². The third kappa shape index (κ3) is 7.04. The van der Waals surface area contributed by atoms with Gasteiger partial charge in [-0.1, -0.05) is 0 Å². The Morgan fingerprint density at radius 1 is 0.714 bits per heavy atom. The molecule has 2 radical (unpaired) electrons. The molecular formula is C5H10Se2. The fourth-order valence-corrected chi connectivity index (χ4v) is 1.24. The number of unbranched alkanes of at least 4 members (excludes halogenated alkanes) is 2. The normalized spacial score (nSPS) is 9.43. The second kappa shape index (κ2) is 7.04. The van der Waals surface area contributed by atoms with Gasteiger partial charge in [-0.25, -0.2) is 0 Å². The predicted octanol–water partition coefficient (Wildman–Crippen LogP) is 1.33. The number of hydrogen-bond donors (Lipinski definition) is 0. The molecule has 0 fully saturated rings. The van der Waals surface area contributed by atoms with Gasteiger partial charge in [-0.15, -0.1) is 0 Å². The average molecular weight is 228 g/mol. The summed E-state index contributed by atoms with van der Waals surface area (Å²) in [7, 11) is 0. The Kier molecular flexibility index (Phi) is 8.08. The van der Waals surface area contributed by atoms with Crippen molar-refractivity contribution in [3.63, 3.8) is 0 Å². The van der Waals surface area contributed by atoms with E-state index < -0.39 is 0 Å². The van der Waals surface area contributed by atoms with Gasteiger partial charge in [0.25, 0.3) is 0 Å². The first-order valence-electron chi connectivity index (χ1n) is 2.58. The molecule has 0 aliphatic carbocycles. The summed E-state index contributed by atoms with van der Waals surface area (Å²) in [4.78, 5) is 0. The van der Waals surface area contributed by atoms with Crippen LogP contribution < -0.4 is 0 Å². The van der Waals surface area contributed by atoms with E-state index in [-0.39, 0.29) is 0 Å². The summed E-state index contributed by atoms with van der Waals surface area (Å²) in [5.74, 6) is 0. The number of rotatable bonds is 4. The minimum absolute atomic E-state index is 1.22. The quantitative estimate of drug-likeness (QED) is 0.503. The van der Waals surface area contributed by atoms with Crippen LogP contribution in [0.5, 0.6) is 0 Å². The topological polar surface area (TPSA) is 0 Å². The van der Waals surface area contributed by atoms with Gasteiger partial charge in [-0.3, -0.25) is 0 Å². The number of hydrogen-bond acceptors (Lipinski definition) is 0. The summed E-state index contributed by atoms with van der Waals surface area (Å²) < 4.78 is 0. The van der Waals surface area contributed by atoms with Crippen molar-refractivity contribution in [2.45, 2.75) is 29.9 Å². The van der Waals surface area contributed by atoms with Crippen LogP contribution in [0.4, 0.5) is 0 Å². The van der Waals surface area contributed by atoms with Gasteiger partial charge in [-0.2, -0.15) is 0 Å². The summed E-state index contributed by atoms with van der Waals surface area (Å²) in [6.45, 7) is 0. The molecule has 0 saturated heterocycles. The van der Waals surface area contributed by atoms with E-state index in [4.69, 9.17) is 0 Å². The third-order valence-electron chi connectivity index (χ3n) is 0.789. The fraction of sp³-hybridized carbons (Fsp3) is 1.00. The van der Waals surface area contributed by atoms with Gasteiger partial charge in [-0.05, 0) is 0 Å². The molecule has 2 heteroatoms. The Bertz CT molecular complexity index is 25.3. The first-order valence-corrected chi connectivity index (χ1v) is 5.00. The van der Waals surface area contributed by atoms with Gasteiger partial charge < -0.3 is 0 Å². The summed E-state index contributed by atoms with van der Waals surface area (Å²) in [6.07, 6.45) is 4.07. The molecule has 0 atom stereocenters. The fourth-order valence-electron chi connectivity index (χ4n) is 0.381. The molecule has 0 rings (SSSR count). The van der Waals surface area contributed by atoms with Gasteiger partial charge in [0.1, 0.15) is 0 Å². The van der Waals surface area contributed by atoms with E-state index in [0.29, 0.717) is 0 Å². The zero-order valence-corrected chi connectivity index (χ0v) is 7.78. The molecule has 0 aromatic carbocycles. The van der Waals surface area contributed by atoms with E-state index in [2.05, 4.69) is 32.0 Å². The molecule has 0 heterocycles. The van der Waals surface area contributed by atoms with E-state index >= 15 is 0 Å². The Balaban J connectivity index is 2.45. The monoisotopic (exact) mass is 230 g/mol. The van der Waals surface area contributed by atoms with Gasteiger partial charge in [0, 0.05) is 0 Å². The summed E-state index contributed by atoms with van der Waals surface area (Å²) in [5.41, 5.74) is 0. The predicted molar refractivity (Wildman–Crippen MR) is 35.0 cm³/mol. The van der Waals surface area contributed by atoms with Crippen molar-refractivity contribution < 1.29 is 0 Å². The molecule has 0 N–H and O–H groups in total. The Labute approximate surface area is 62.1 Å². The maximum absolute atomic E-state index is 2.99. The average Bonchev–Trinajstić information content (AvgIpc) is 1.69. The van der Waals surface area contributed by atoms with Gasteiger partial charge in [0.15, 0.2) is 0 Å². The van der Waals surface area contributed by atoms with Crippen LogP contribution in [0.2, 0.25) is 10.6 Å². The van der Waals surface area contributed by atoms with Crippen LogP contribution in [0, 0.1) is 0 Å². The molecule has 0 aromatic heterocycles. The van der Waals surface area contributed by atoms with Gasteiger partial charge in [0.2, 0.25) is 0 Å². The van der Waals surface area contributed by atoms with Crippen molar-refractivity contribution in [2.75, 3.05) is 0 Å². The van der Waals surface area contributed by atoms with Crippen molar-refractivity contribution in [2.24, 2.45) is 0 Å². The molecule has 0 bridgehead atoms. The van der Waals surface area contributed by atoms with Gasteiger partial charge in [0.05, 0.1) is 0 Å². The van der Waals surface area contributed by atoms with Crippen LogP contribution in [-0.2, 0) is 0 Å². The van der Waals surface area contributed by atoms with Crippen molar-refractivity contribution in [1.82, 2.24) is 0 Å². The molecule has 0 aliphatic heterocycles. The Hall–Kier alpha value is 1.04. The van der Waals surface area contributed by atoms with E-state index in [1.54, 1.807) is 0 Å². The summed E-state index contributed by atoms with van der Waals surface area (Å²) >= 11 is 5.98. The Morgan fingerprint density at radius 2 is 1.14 bits per heavy atom. The standard InChI is InChI=1S/C5H10Se2/c6-4-2-1-3-5-7/h1-5H2. The first kappa shape index (κ1) is 8.04. The zero-order chi connectivity index (χ0) is 5.54. The zero-order valence-electron chi connectivity index (χ0n) is 4.35. The third-order valence-corrected chi connectivity index (χ3v) is 2.00. The molecule has 42 valence electrons. The molecular weight excluding hydrogens is 218 g/mol. The summed E-state index contributed by atoms with van der Waals surface area (Å²) in [6, 6.07) is 0. The molecule has 0 unspecified atom stereocenters. The molecule has 0 spiro atoms. The molecule has 0 nitrogen and oxygen atoms in total. The van der Waals surface area contributed by atoms with Crippen molar-refractivity contribution in [3.05, 3.63) is 0 Å². The Morgan fingerprint density at radius 3 is 1.43 bits per heavy atom. The minimum atomic E-state index is 1.22. The molecule has 7 heavy (non-hydrogen) atoms. The first-order chi connectivity index (χ1) is 3.41. The molecule has 0 aromatic rings. The van der Waals surface area contributed by atoms with E-state index in [0.717, 1.165) is 0 Å². The molecule has 0 amide bonds. The summed E-state index contributed by atoms with van der Waals surface area (Å²) in [5, 5.41) is 2.44. The van der Waals surface area contributed by atoms with E-state index in [9.17, 15) is 0 Å². The second-order valence-corrected chi connectivity index (χ2v) is 3.18. The molecule has 0 aliphatic rings. The van der Waals surface area contributed by atoms with Crippen molar-refractivity contribution >= 4 is 32.0 Å². The second-order valence-electron chi connectivity index (χ2n) is 1.47. The van der Waals surface area contributed by atoms with Crippen LogP contribution in [0.1, 0.15) is 19.3 Å². The van der Waals surface area contributed by atoms with Crippen LogP contribution in [0.25, 0.3) is 0 Å². The van der Waals surface area contributed by atoms with Crippen molar-refractivity contribution in [1.29, 1.82) is 0 Å². The van der Waals surface area contributed by atoms with E-state index in [1.165, 1.54) is 29.9 Å². The van der Waals surface area contributed by atoms with E-state index in [1.807, 2.05) is 0 Å². The van der Waals surface area contributed by atoms with Crippen LogP contribution in [-0.4, -0.2) is 32.0 Å². The maximum atomic E-state index is 2.99. The van der Waals surface area contributed by atoms with Crippen LogP contribution in [0.3, 0.4) is 0 Å². The molecule has 0 saturated carbocycles. The van der Waals surface area contributed by atoms with Crippen LogP contribution >= 0.6 is 0 Å². The SMILES string of the molecule is [Se]CCCCC[Se]. The van der Waals surface area contributed by atoms with Crippen molar-refractivity contribution in [3.8, 4) is 0 Å². The van der Waals surface area contributed by atoms with Crippen LogP contribution in [0.15, 0.2) is 0 Å².